The number of nitrogens with one attached hydrogen (secondary N) is 1. The molecule has 2 fully saturated rings. The molecular weight excluding hydrogens is 426 g/mol. The summed E-state index contributed by atoms with van der Waals surface area (Å²) in [6.07, 6.45) is 0.842. The number of carbonyl (C=O) groups is 2. The van der Waals surface area contributed by atoms with E-state index >= 15 is 0 Å². The van der Waals surface area contributed by atoms with E-state index in [-0.39, 0.29) is 18.2 Å². The minimum Gasteiger partial charge on any atom is -0.322 e. The van der Waals surface area contributed by atoms with Gasteiger partial charge in [-0.1, -0.05) is 36.4 Å². The molecule has 2 aliphatic rings. The molecule has 0 unspecified atom stereocenters. The van der Waals surface area contributed by atoms with Crippen LogP contribution in [0.1, 0.15) is 23.1 Å². The summed E-state index contributed by atoms with van der Waals surface area (Å²) in [6, 6.07) is 14.6. The number of aryl methyl sites for hydroxylation is 2. The molecule has 2 heterocycles. The monoisotopic (exact) mass is 456 g/mol. The summed E-state index contributed by atoms with van der Waals surface area (Å²) in [5.74, 6) is -0.264. The number of likely N-dealkylation sites (tertiary alicyclic amines) is 1. The maximum Gasteiger partial charge on any atom is 0.288 e. The third-order valence-electron chi connectivity index (χ3n) is 6.68. The zero-order valence-corrected chi connectivity index (χ0v) is 19.4. The minimum absolute atomic E-state index is 0.131. The van der Waals surface area contributed by atoms with E-state index in [0.717, 1.165) is 21.6 Å². The van der Waals surface area contributed by atoms with Crippen molar-refractivity contribution in [3.63, 3.8) is 0 Å². The molecule has 0 radical (unpaired) electrons. The van der Waals surface area contributed by atoms with Gasteiger partial charge >= 0.3 is 0 Å². The first-order chi connectivity index (χ1) is 15.3. The van der Waals surface area contributed by atoms with E-state index in [9.17, 15) is 18.0 Å². The molecule has 0 aromatic heterocycles. The molecule has 0 saturated carbocycles. The van der Waals surface area contributed by atoms with Crippen molar-refractivity contribution in [3.8, 4) is 0 Å². The zero-order valence-electron chi connectivity index (χ0n) is 18.6. The van der Waals surface area contributed by atoms with Gasteiger partial charge in [0.05, 0.1) is 37.5 Å². The van der Waals surface area contributed by atoms with Crippen molar-refractivity contribution in [3.05, 3.63) is 65.2 Å². The van der Waals surface area contributed by atoms with Crippen molar-refractivity contribution >= 4 is 21.8 Å². The fraction of sp³-hybridized carbons (Fsp3) is 0.417. The smallest absolute Gasteiger partial charge is 0.288 e. The summed E-state index contributed by atoms with van der Waals surface area (Å²) >= 11 is 0. The molecule has 2 aliphatic heterocycles. The van der Waals surface area contributed by atoms with E-state index in [1.165, 1.54) is 9.21 Å². The minimum atomic E-state index is -3.56. The van der Waals surface area contributed by atoms with Gasteiger partial charge in [-0.25, -0.2) is 8.42 Å². The van der Waals surface area contributed by atoms with Gasteiger partial charge in [0.15, 0.2) is 6.04 Å². The number of sulfonamides is 1. The molecule has 0 spiro atoms. The highest BCUT2D eigenvalue weighted by Crippen LogP contribution is 2.20. The van der Waals surface area contributed by atoms with E-state index in [4.69, 9.17) is 0 Å². The number of rotatable bonds is 6. The van der Waals surface area contributed by atoms with Crippen LogP contribution in [0.3, 0.4) is 0 Å². The van der Waals surface area contributed by atoms with E-state index in [0.29, 0.717) is 44.0 Å². The van der Waals surface area contributed by atoms with Gasteiger partial charge in [0.25, 0.3) is 5.91 Å². The predicted octanol–water partition coefficient (Wildman–Crippen LogP) is 0.563. The average Bonchev–Trinajstić information content (AvgIpc) is 3.08. The normalized spacial score (nSPS) is 20.8. The highest BCUT2D eigenvalue weighted by molar-refractivity contribution is 7.89. The standard InChI is InChI=1S/C24H29N3O4S/c1-18-8-9-21(16-19(18)2)32(30,31)26-14-12-25(13-15-26)22-17-23(28)27(24(22)29)11-10-20-6-4-3-5-7-20/h3-9,16,22H,10-15,17H2,1-2H3/p+1/t22-/m1/s1. The molecule has 2 aromatic rings. The first-order valence-corrected chi connectivity index (χ1v) is 12.5. The van der Waals surface area contributed by atoms with Gasteiger partial charge in [0.2, 0.25) is 15.9 Å². The molecule has 32 heavy (non-hydrogen) atoms. The van der Waals surface area contributed by atoms with Crippen molar-refractivity contribution in [2.24, 2.45) is 0 Å². The topological polar surface area (TPSA) is 79.2 Å². The second-order valence-electron chi connectivity index (χ2n) is 8.68. The number of piperazine rings is 1. The molecule has 2 amide bonds. The molecule has 4 rings (SSSR count). The van der Waals surface area contributed by atoms with Crippen molar-refractivity contribution in [2.45, 2.75) is 37.6 Å². The lowest BCUT2D eigenvalue weighted by atomic mass is 10.1. The number of nitrogens with zero attached hydrogens (tertiary/aromatic N) is 2. The molecule has 8 heteroatoms. The SMILES string of the molecule is Cc1ccc(S(=O)(=O)N2CC[NH+]([C@@H]3CC(=O)N(CCc4ccccc4)C3=O)CC2)cc1C. The van der Waals surface area contributed by atoms with Crippen molar-refractivity contribution in [2.75, 3.05) is 32.7 Å². The Hall–Kier alpha value is -2.55. The highest BCUT2D eigenvalue weighted by atomic mass is 32.2. The summed E-state index contributed by atoms with van der Waals surface area (Å²) in [5, 5.41) is 0. The highest BCUT2D eigenvalue weighted by Gasteiger charge is 2.46. The number of hydrogen-bond acceptors (Lipinski definition) is 4. The van der Waals surface area contributed by atoms with Crippen LogP contribution in [0, 0.1) is 13.8 Å². The van der Waals surface area contributed by atoms with E-state index < -0.39 is 16.1 Å². The summed E-state index contributed by atoms with van der Waals surface area (Å²) in [7, 11) is -3.56. The van der Waals surface area contributed by atoms with Crippen LogP contribution in [0.5, 0.6) is 0 Å². The Bertz CT molecular complexity index is 1110. The molecule has 2 saturated heterocycles. The van der Waals surface area contributed by atoms with Crippen molar-refractivity contribution in [1.29, 1.82) is 0 Å². The van der Waals surface area contributed by atoms with Crippen LogP contribution in [0.4, 0.5) is 0 Å². The largest absolute Gasteiger partial charge is 0.322 e. The van der Waals surface area contributed by atoms with Crippen LogP contribution in [-0.4, -0.2) is 68.2 Å². The molecule has 7 nitrogen and oxygen atoms in total. The number of benzene rings is 2. The number of amides is 2. The number of carbonyl (C=O) groups excluding carboxylic acids is 2. The fourth-order valence-corrected chi connectivity index (χ4v) is 6.04. The Labute approximate surface area is 189 Å². The lowest BCUT2D eigenvalue weighted by Crippen LogP contribution is -3.19. The summed E-state index contributed by atoms with van der Waals surface area (Å²) < 4.78 is 27.6. The van der Waals surface area contributed by atoms with Gasteiger partial charge < -0.3 is 4.90 Å². The van der Waals surface area contributed by atoms with Crippen LogP contribution in [0.2, 0.25) is 0 Å². The quantitative estimate of drug-likeness (QED) is 0.645. The molecule has 0 aliphatic carbocycles. The van der Waals surface area contributed by atoms with Gasteiger partial charge in [-0.3, -0.25) is 14.5 Å². The zero-order chi connectivity index (χ0) is 22.9. The lowest BCUT2D eigenvalue weighted by molar-refractivity contribution is -0.918. The number of quaternary nitrogens is 1. The molecule has 0 bridgehead atoms. The Morgan fingerprint density at radius 2 is 1.66 bits per heavy atom. The second-order valence-corrected chi connectivity index (χ2v) is 10.6. The third-order valence-corrected chi connectivity index (χ3v) is 8.58. The van der Waals surface area contributed by atoms with E-state index in [2.05, 4.69) is 0 Å². The molecule has 1 atom stereocenters. The molecule has 170 valence electrons. The first-order valence-electron chi connectivity index (χ1n) is 11.1. The van der Waals surface area contributed by atoms with Crippen LogP contribution < -0.4 is 4.90 Å². The summed E-state index contributed by atoms with van der Waals surface area (Å²) in [5.41, 5.74) is 3.09. The molecular formula is C24H30N3O4S+. The van der Waals surface area contributed by atoms with Gasteiger partial charge in [-0.05, 0) is 49.1 Å². The van der Waals surface area contributed by atoms with Gasteiger partial charge in [-0.15, -0.1) is 0 Å². The third kappa shape index (κ3) is 4.48. The summed E-state index contributed by atoms with van der Waals surface area (Å²) in [6.45, 7) is 5.96. The van der Waals surface area contributed by atoms with E-state index in [1.54, 1.807) is 12.1 Å². The maximum atomic E-state index is 13.1. The van der Waals surface area contributed by atoms with Gasteiger partial charge in [0.1, 0.15) is 0 Å². The van der Waals surface area contributed by atoms with Gasteiger partial charge in [0, 0.05) is 6.54 Å². The average molecular weight is 457 g/mol. The Balaban J connectivity index is 1.37. The maximum absolute atomic E-state index is 13.1. The Morgan fingerprint density at radius 3 is 2.31 bits per heavy atom. The van der Waals surface area contributed by atoms with Crippen LogP contribution in [0.25, 0.3) is 0 Å². The summed E-state index contributed by atoms with van der Waals surface area (Å²) in [4.78, 5) is 28.2. The van der Waals surface area contributed by atoms with E-state index in [1.807, 2.05) is 50.2 Å². The lowest BCUT2D eigenvalue weighted by Gasteiger charge is -2.33. The Kier molecular flexibility index (Phi) is 6.46. The Morgan fingerprint density at radius 1 is 0.969 bits per heavy atom. The van der Waals surface area contributed by atoms with Crippen molar-refractivity contribution in [1.82, 2.24) is 9.21 Å². The first kappa shape index (κ1) is 22.6. The van der Waals surface area contributed by atoms with Crippen LogP contribution in [0.15, 0.2) is 53.4 Å². The molecule has 2 aromatic carbocycles. The second kappa shape index (κ2) is 9.13. The van der Waals surface area contributed by atoms with Crippen molar-refractivity contribution < 1.29 is 22.9 Å². The molecule has 1 N–H and O–H groups in total. The van der Waals surface area contributed by atoms with Crippen LogP contribution in [-0.2, 0) is 26.0 Å². The predicted molar refractivity (Wildman–Crippen MR) is 121 cm³/mol. The van der Waals surface area contributed by atoms with Gasteiger partial charge in [-0.2, -0.15) is 4.31 Å². The fourth-order valence-electron chi connectivity index (χ4n) is 4.51. The number of hydrogen-bond donors (Lipinski definition) is 1. The number of imide groups is 1. The van der Waals surface area contributed by atoms with Crippen LogP contribution >= 0.6 is 0 Å².